The molecular weight excluding hydrogens is 432 g/mol. The van der Waals surface area contributed by atoms with Gasteiger partial charge in [-0.3, -0.25) is 0 Å². The van der Waals surface area contributed by atoms with Gasteiger partial charge in [0.05, 0.1) is 0 Å². The second-order valence-electron chi connectivity index (χ2n) is 5.26. The van der Waals surface area contributed by atoms with Crippen LogP contribution in [0.15, 0.2) is 9.16 Å². The molecule has 0 saturated heterocycles. The topological polar surface area (TPSA) is 9.23 Å². The van der Waals surface area contributed by atoms with Crippen LogP contribution in [0.2, 0.25) is 0 Å². The second kappa shape index (κ2) is 11.7. The quantitative estimate of drug-likeness (QED) is 0.512. The van der Waals surface area contributed by atoms with Gasteiger partial charge in [-0.15, -0.1) is 0 Å². The zero-order chi connectivity index (χ0) is 13.1. The third-order valence-electron chi connectivity index (χ3n) is 3.76. The first-order valence-corrected chi connectivity index (χ1v) is 17.3. The maximum absolute atomic E-state index is 6.31. The van der Waals surface area contributed by atoms with Crippen LogP contribution in [0.4, 0.5) is 0 Å². The summed E-state index contributed by atoms with van der Waals surface area (Å²) in [6, 6.07) is 0. The summed E-state index contributed by atoms with van der Waals surface area (Å²) in [5.74, 6) is 0. The number of allylic oxidation sites excluding steroid dienone is 1. The fraction of sp³-hybridized carbons (Fsp3) is 0.867. The van der Waals surface area contributed by atoms with Crippen LogP contribution in [0, 0.1) is 0 Å². The van der Waals surface area contributed by atoms with Crippen molar-refractivity contribution in [1.29, 1.82) is 0 Å². The van der Waals surface area contributed by atoms with Crippen LogP contribution >= 0.6 is 8.25 Å². The Morgan fingerprint density at radius 2 is 1.72 bits per heavy atom. The van der Waals surface area contributed by atoms with Crippen molar-refractivity contribution in [1.82, 2.24) is 0 Å². The molecule has 0 aromatic heterocycles. The van der Waals surface area contributed by atoms with Gasteiger partial charge in [-0.25, -0.2) is 0 Å². The predicted molar refractivity (Wildman–Crippen MR) is 75.5 cm³/mol. The number of hydrogen-bond acceptors (Lipinski definition) is 1. The number of halogens is 1. The Bertz CT molecular complexity index is 231. The summed E-state index contributed by atoms with van der Waals surface area (Å²) < 4.78 is 7.46. The molecule has 0 spiro atoms. The first-order valence-electron chi connectivity index (χ1n) is 7.75. The molecule has 0 aliphatic heterocycles. The summed E-state index contributed by atoms with van der Waals surface area (Å²) in [7, 11) is 6.31. The summed E-state index contributed by atoms with van der Waals surface area (Å²) in [5.41, 5.74) is 0. The Hall–Kier alpha value is 0.925. The van der Waals surface area contributed by atoms with Crippen LogP contribution in [0.1, 0.15) is 71.1 Å². The van der Waals surface area contributed by atoms with Gasteiger partial charge in [-0.05, 0) is 0 Å². The van der Waals surface area contributed by atoms with Gasteiger partial charge in [0.15, 0.2) is 0 Å². The molecule has 0 radical (unpaired) electrons. The van der Waals surface area contributed by atoms with E-state index in [1.54, 1.807) is 0 Å². The maximum atomic E-state index is 6.31. The van der Waals surface area contributed by atoms with E-state index in [-0.39, 0.29) is 0 Å². The summed E-state index contributed by atoms with van der Waals surface area (Å²) >= 11 is -1.31. The van der Waals surface area contributed by atoms with E-state index in [4.69, 9.17) is 13.0 Å². The van der Waals surface area contributed by atoms with E-state index in [1.165, 1.54) is 67.3 Å². The second-order valence-corrected chi connectivity index (χ2v) is 11.8. The molecule has 18 heavy (non-hydrogen) atoms. The molecule has 0 saturated carbocycles. The molecule has 0 amide bonds. The molecule has 1 aliphatic carbocycles. The van der Waals surface area contributed by atoms with Crippen molar-refractivity contribution in [3.63, 3.8) is 0 Å². The Morgan fingerprint density at radius 1 is 1.11 bits per heavy atom. The molecule has 1 rings (SSSR count). The molecule has 1 nitrogen and oxygen atoms in total. The molecule has 1 atom stereocenters. The molecule has 0 bridgehead atoms. The summed E-state index contributed by atoms with van der Waals surface area (Å²) in [6.45, 7) is 2.93. The average molecular weight is 459 g/mol. The van der Waals surface area contributed by atoms with Crippen LogP contribution in [-0.2, 0) is 28.1 Å². The Balaban J connectivity index is 2.53. The van der Waals surface area contributed by atoms with Crippen molar-refractivity contribution in [2.45, 2.75) is 77.2 Å². The summed E-state index contributed by atoms with van der Waals surface area (Å²) in [6.07, 6.45) is 16.3. The normalized spacial score (nSPS) is 27.0. The zero-order valence-electron chi connectivity index (χ0n) is 11.9. The summed E-state index contributed by atoms with van der Waals surface area (Å²) in [5, 5.41) is 0. The third-order valence-corrected chi connectivity index (χ3v) is 10.6. The summed E-state index contributed by atoms with van der Waals surface area (Å²) in [4.78, 5) is 0. The van der Waals surface area contributed by atoms with Crippen LogP contribution in [0.25, 0.3) is 0 Å². The van der Waals surface area contributed by atoms with E-state index >= 15 is 0 Å². The minimum absolute atomic E-state index is 0.370. The SMILES string of the molecule is CCOC1CCCCCCCCCC/C=[C]/1[Hg][Cl]. The fourth-order valence-electron chi connectivity index (χ4n) is 2.67. The van der Waals surface area contributed by atoms with Gasteiger partial charge in [-0.1, -0.05) is 0 Å². The van der Waals surface area contributed by atoms with E-state index in [0.717, 1.165) is 6.61 Å². The van der Waals surface area contributed by atoms with Gasteiger partial charge in [0.25, 0.3) is 0 Å². The van der Waals surface area contributed by atoms with Gasteiger partial charge in [-0.2, -0.15) is 0 Å². The van der Waals surface area contributed by atoms with E-state index in [2.05, 4.69) is 13.0 Å². The van der Waals surface area contributed by atoms with Crippen molar-refractivity contribution in [3.8, 4) is 0 Å². The molecule has 1 aliphatic rings. The molecule has 102 valence electrons. The van der Waals surface area contributed by atoms with Gasteiger partial charge >= 0.3 is 129 Å². The van der Waals surface area contributed by atoms with Crippen molar-refractivity contribution in [3.05, 3.63) is 9.16 Å². The molecule has 1 unspecified atom stereocenters. The monoisotopic (exact) mass is 460 g/mol. The molecule has 3 heteroatoms. The zero-order valence-corrected chi connectivity index (χ0v) is 18.2. The standard InChI is InChI=1S/C15H27O.ClH.Hg/c1-2-16-15-13-11-9-7-5-3-4-6-8-10-12-14-15;;/h11,15H,2-10,12,14H2,1H3;1H;/q;;+1/p-1. The Morgan fingerprint density at radius 3 is 2.33 bits per heavy atom. The predicted octanol–water partition coefficient (Wildman–Crippen LogP) is 5.43. The van der Waals surface area contributed by atoms with E-state index in [0.29, 0.717) is 6.10 Å². The van der Waals surface area contributed by atoms with Crippen LogP contribution in [-0.4, -0.2) is 12.7 Å². The molecular formula is C15H27ClHgO. The van der Waals surface area contributed by atoms with Gasteiger partial charge in [0.2, 0.25) is 0 Å². The minimum atomic E-state index is -1.31. The van der Waals surface area contributed by atoms with Crippen LogP contribution < -0.4 is 0 Å². The Labute approximate surface area is 129 Å². The van der Waals surface area contributed by atoms with Crippen LogP contribution in [0.5, 0.6) is 0 Å². The van der Waals surface area contributed by atoms with Crippen molar-refractivity contribution in [2.24, 2.45) is 0 Å². The molecule has 0 fully saturated rings. The number of hydrogen-bond donors (Lipinski definition) is 0. The van der Waals surface area contributed by atoms with Crippen molar-refractivity contribution >= 4 is 8.25 Å². The van der Waals surface area contributed by atoms with Crippen molar-refractivity contribution < 1.29 is 28.1 Å². The van der Waals surface area contributed by atoms with Crippen molar-refractivity contribution in [2.75, 3.05) is 6.61 Å². The first-order chi connectivity index (χ1) is 8.88. The number of ether oxygens (including phenoxy) is 1. The third kappa shape index (κ3) is 7.50. The number of rotatable bonds is 3. The molecule has 0 aromatic carbocycles. The van der Waals surface area contributed by atoms with Gasteiger partial charge in [0.1, 0.15) is 0 Å². The molecule has 0 N–H and O–H groups in total. The average Bonchev–Trinajstić information content (AvgIpc) is 2.40. The fourth-order valence-corrected chi connectivity index (χ4v) is 8.28. The Kier molecular flexibility index (Phi) is 11.1. The molecule has 0 heterocycles. The van der Waals surface area contributed by atoms with E-state index in [9.17, 15) is 0 Å². The first kappa shape index (κ1) is 17.0. The van der Waals surface area contributed by atoms with Gasteiger partial charge in [0, 0.05) is 0 Å². The van der Waals surface area contributed by atoms with E-state index < -0.39 is 23.3 Å². The molecule has 0 aromatic rings. The van der Waals surface area contributed by atoms with Gasteiger partial charge < -0.3 is 0 Å². The van der Waals surface area contributed by atoms with E-state index in [1.807, 2.05) is 0 Å². The van der Waals surface area contributed by atoms with Crippen LogP contribution in [0.3, 0.4) is 0 Å².